The molecular formula is C18H29ClIN3O. The van der Waals surface area contributed by atoms with Crippen molar-refractivity contribution in [3.63, 3.8) is 0 Å². The Morgan fingerprint density at radius 1 is 1.38 bits per heavy atom. The number of aliphatic imine (C=N–C) groups is 1. The van der Waals surface area contributed by atoms with E-state index in [1.165, 1.54) is 5.56 Å². The van der Waals surface area contributed by atoms with E-state index in [4.69, 9.17) is 16.3 Å². The quantitative estimate of drug-likeness (QED) is 0.408. The molecule has 0 bridgehead atoms. The molecule has 1 fully saturated rings. The summed E-state index contributed by atoms with van der Waals surface area (Å²) in [6.07, 6.45) is 1.14. The monoisotopic (exact) mass is 465 g/mol. The van der Waals surface area contributed by atoms with Crippen molar-refractivity contribution < 1.29 is 4.74 Å². The van der Waals surface area contributed by atoms with Gasteiger partial charge in [-0.15, -0.1) is 24.0 Å². The molecule has 2 rings (SSSR count). The van der Waals surface area contributed by atoms with Gasteiger partial charge >= 0.3 is 0 Å². The third kappa shape index (κ3) is 6.08. The highest BCUT2D eigenvalue weighted by Crippen LogP contribution is 2.24. The summed E-state index contributed by atoms with van der Waals surface area (Å²) in [5, 5.41) is 4.27. The van der Waals surface area contributed by atoms with Crippen LogP contribution in [0.15, 0.2) is 29.3 Å². The molecule has 24 heavy (non-hydrogen) atoms. The Balaban J connectivity index is 0.00000288. The van der Waals surface area contributed by atoms with Crippen LogP contribution in [0.1, 0.15) is 25.8 Å². The average Bonchev–Trinajstić information content (AvgIpc) is 3.01. The molecule has 0 amide bonds. The Bertz CT molecular complexity index is 528. The molecule has 0 spiro atoms. The maximum atomic E-state index is 5.98. The van der Waals surface area contributed by atoms with Crippen molar-refractivity contribution in [2.45, 2.75) is 25.7 Å². The predicted molar refractivity (Wildman–Crippen MR) is 113 cm³/mol. The maximum absolute atomic E-state index is 5.98. The SMILES string of the molecule is CN=C(NCC(C)(C)c1ccc(Cl)cc1)N(C)CC1CCOC1.I. The van der Waals surface area contributed by atoms with Crippen molar-refractivity contribution in [3.05, 3.63) is 34.9 Å². The minimum Gasteiger partial charge on any atom is -0.381 e. The molecule has 0 aliphatic carbocycles. The first kappa shape index (κ1) is 21.5. The van der Waals surface area contributed by atoms with E-state index in [0.717, 1.165) is 43.7 Å². The lowest BCUT2D eigenvalue weighted by atomic mass is 9.85. The fourth-order valence-corrected chi connectivity index (χ4v) is 3.01. The third-order valence-corrected chi connectivity index (χ3v) is 4.70. The Hall–Kier alpha value is -0.530. The lowest BCUT2D eigenvalue weighted by Gasteiger charge is -2.30. The number of nitrogens with zero attached hydrogens (tertiary/aromatic N) is 2. The van der Waals surface area contributed by atoms with Crippen molar-refractivity contribution in [2.75, 3.05) is 40.4 Å². The van der Waals surface area contributed by atoms with Gasteiger partial charge in [-0.3, -0.25) is 4.99 Å². The van der Waals surface area contributed by atoms with Crippen LogP contribution in [0.5, 0.6) is 0 Å². The summed E-state index contributed by atoms with van der Waals surface area (Å²) in [5.74, 6) is 1.53. The fraction of sp³-hybridized carbons (Fsp3) is 0.611. The van der Waals surface area contributed by atoms with E-state index in [9.17, 15) is 0 Å². The number of halogens is 2. The van der Waals surface area contributed by atoms with Gasteiger partial charge in [0.2, 0.25) is 0 Å². The summed E-state index contributed by atoms with van der Waals surface area (Å²) in [7, 11) is 3.92. The Kier molecular flexibility index (Phi) is 8.81. The normalized spacial score (nSPS) is 18.2. The first-order chi connectivity index (χ1) is 10.9. The number of hydrogen-bond donors (Lipinski definition) is 1. The highest BCUT2D eigenvalue weighted by molar-refractivity contribution is 14.0. The molecule has 1 aliphatic rings. The van der Waals surface area contributed by atoms with Crippen LogP contribution < -0.4 is 5.32 Å². The minimum absolute atomic E-state index is 0. The molecule has 0 aromatic heterocycles. The summed E-state index contributed by atoms with van der Waals surface area (Å²) in [5.41, 5.74) is 1.26. The van der Waals surface area contributed by atoms with E-state index in [1.807, 2.05) is 19.2 Å². The second kappa shape index (κ2) is 9.82. The largest absolute Gasteiger partial charge is 0.381 e. The molecule has 1 heterocycles. The highest BCUT2D eigenvalue weighted by atomic mass is 127. The van der Waals surface area contributed by atoms with Gasteiger partial charge in [0.15, 0.2) is 5.96 Å². The van der Waals surface area contributed by atoms with Crippen LogP contribution in [0.2, 0.25) is 5.02 Å². The van der Waals surface area contributed by atoms with Gasteiger partial charge in [-0.1, -0.05) is 37.6 Å². The Morgan fingerprint density at radius 3 is 2.58 bits per heavy atom. The van der Waals surface area contributed by atoms with E-state index in [2.05, 4.69) is 48.2 Å². The number of rotatable bonds is 5. The van der Waals surface area contributed by atoms with Gasteiger partial charge in [0.05, 0.1) is 6.61 Å². The fourth-order valence-electron chi connectivity index (χ4n) is 2.89. The lowest BCUT2D eigenvalue weighted by Crippen LogP contribution is -2.45. The zero-order chi connectivity index (χ0) is 16.9. The van der Waals surface area contributed by atoms with Crippen molar-refractivity contribution in [3.8, 4) is 0 Å². The van der Waals surface area contributed by atoms with Gasteiger partial charge in [0, 0.05) is 50.1 Å². The molecule has 1 aliphatic heterocycles. The van der Waals surface area contributed by atoms with Crippen LogP contribution in [0.25, 0.3) is 0 Å². The van der Waals surface area contributed by atoms with E-state index in [0.29, 0.717) is 5.92 Å². The summed E-state index contributed by atoms with van der Waals surface area (Å²) in [4.78, 5) is 6.60. The van der Waals surface area contributed by atoms with Crippen molar-refractivity contribution >= 4 is 41.5 Å². The third-order valence-electron chi connectivity index (χ3n) is 4.44. The zero-order valence-electron chi connectivity index (χ0n) is 15.0. The predicted octanol–water partition coefficient (Wildman–Crippen LogP) is 3.78. The smallest absolute Gasteiger partial charge is 0.193 e. The molecule has 1 unspecified atom stereocenters. The topological polar surface area (TPSA) is 36.9 Å². The first-order valence-electron chi connectivity index (χ1n) is 8.18. The van der Waals surface area contributed by atoms with E-state index in [-0.39, 0.29) is 29.4 Å². The first-order valence-corrected chi connectivity index (χ1v) is 8.56. The summed E-state index contributed by atoms with van der Waals surface area (Å²) >= 11 is 5.98. The number of benzene rings is 1. The lowest BCUT2D eigenvalue weighted by molar-refractivity contribution is 0.181. The summed E-state index contributed by atoms with van der Waals surface area (Å²) < 4.78 is 5.46. The Morgan fingerprint density at radius 2 is 2.04 bits per heavy atom. The van der Waals surface area contributed by atoms with Gasteiger partial charge < -0.3 is 15.0 Å². The van der Waals surface area contributed by atoms with Crippen LogP contribution in [0.3, 0.4) is 0 Å². The Labute approximate surface area is 168 Å². The zero-order valence-corrected chi connectivity index (χ0v) is 18.1. The number of nitrogens with one attached hydrogen (secondary N) is 1. The minimum atomic E-state index is -0.00214. The summed E-state index contributed by atoms with van der Waals surface area (Å²) in [6, 6.07) is 8.07. The molecule has 1 aromatic rings. The molecule has 0 radical (unpaired) electrons. The van der Waals surface area contributed by atoms with Gasteiger partial charge in [0.1, 0.15) is 0 Å². The van der Waals surface area contributed by atoms with Gasteiger partial charge in [-0.05, 0) is 24.1 Å². The van der Waals surface area contributed by atoms with Crippen molar-refractivity contribution in [1.82, 2.24) is 10.2 Å². The van der Waals surface area contributed by atoms with E-state index < -0.39 is 0 Å². The molecule has 4 nitrogen and oxygen atoms in total. The van der Waals surface area contributed by atoms with Crippen LogP contribution in [-0.4, -0.2) is 51.3 Å². The highest BCUT2D eigenvalue weighted by Gasteiger charge is 2.23. The molecule has 136 valence electrons. The van der Waals surface area contributed by atoms with E-state index >= 15 is 0 Å². The summed E-state index contributed by atoms with van der Waals surface area (Å²) in [6.45, 7) is 7.97. The van der Waals surface area contributed by atoms with Crippen molar-refractivity contribution in [1.29, 1.82) is 0 Å². The number of hydrogen-bond acceptors (Lipinski definition) is 2. The van der Waals surface area contributed by atoms with Gasteiger partial charge in [-0.25, -0.2) is 0 Å². The number of ether oxygens (including phenoxy) is 1. The number of guanidine groups is 1. The molecular weight excluding hydrogens is 437 g/mol. The van der Waals surface area contributed by atoms with Crippen molar-refractivity contribution in [2.24, 2.45) is 10.9 Å². The molecule has 1 saturated heterocycles. The van der Waals surface area contributed by atoms with Crippen LogP contribution in [0.4, 0.5) is 0 Å². The molecule has 1 N–H and O–H groups in total. The van der Waals surface area contributed by atoms with Gasteiger partial charge in [0.25, 0.3) is 0 Å². The average molecular weight is 466 g/mol. The van der Waals surface area contributed by atoms with Crippen LogP contribution in [-0.2, 0) is 10.2 Å². The van der Waals surface area contributed by atoms with E-state index in [1.54, 1.807) is 0 Å². The molecule has 0 saturated carbocycles. The van der Waals surface area contributed by atoms with Crippen LogP contribution >= 0.6 is 35.6 Å². The molecule has 1 aromatic carbocycles. The van der Waals surface area contributed by atoms with Crippen LogP contribution in [0, 0.1) is 5.92 Å². The molecule has 1 atom stereocenters. The van der Waals surface area contributed by atoms with Gasteiger partial charge in [-0.2, -0.15) is 0 Å². The molecule has 6 heteroatoms. The maximum Gasteiger partial charge on any atom is 0.193 e. The standard InChI is InChI=1S/C18H28ClN3O.HI/c1-18(2,15-5-7-16(19)8-6-15)13-21-17(20-3)22(4)11-14-9-10-23-12-14;/h5-8,14H,9-13H2,1-4H3,(H,20,21);1H. The second-order valence-corrected chi connectivity index (χ2v) is 7.34. The second-order valence-electron chi connectivity index (χ2n) is 6.90.